The molecular weight excluding hydrogens is 1050 g/mol. The first-order valence-electron chi connectivity index (χ1n) is 39.6. The van der Waals surface area contributed by atoms with Crippen molar-refractivity contribution in [1.29, 1.82) is 0 Å². The molecular formula is C80H155NO5. The van der Waals surface area contributed by atoms with Crippen LogP contribution < -0.4 is 5.32 Å². The highest BCUT2D eigenvalue weighted by Crippen LogP contribution is 2.20. The number of nitrogens with one attached hydrogen (secondary N) is 1. The number of carbonyl (C=O) groups excluding carboxylic acids is 2. The van der Waals surface area contributed by atoms with Crippen molar-refractivity contribution in [1.82, 2.24) is 5.32 Å². The first-order chi connectivity index (χ1) is 42.5. The molecule has 6 nitrogen and oxygen atoms in total. The molecule has 510 valence electrons. The molecule has 6 heteroatoms. The van der Waals surface area contributed by atoms with Crippen molar-refractivity contribution < 1.29 is 24.5 Å². The third kappa shape index (κ3) is 71.4. The third-order valence-corrected chi connectivity index (χ3v) is 18.7. The van der Waals surface area contributed by atoms with Gasteiger partial charge in [0, 0.05) is 12.8 Å². The first kappa shape index (κ1) is 84.3. The van der Waals surface area contributed by atoms with Gasteiger partial charge in [0.25, 0.3) is 0 Å². The summed E-state index contributed by atoms with van der Waals surface area (Å²) >= 11 is 0. The minimum Gasteiger partial charge on any atom is -0.466 e. The van der Waals surface area contributed by atoms with Gasteiger partial charge in [0.05, 0.1) is 25.4 Å². The molecule has 2 unspecified atom stereocenters. The highest BCUT2D eigenvalue weighted by Gasteiger charge is 2.20. The van der Waals surface area contributed by atoms with Gasteiger partial charge in [0.2, 0.25) is 5.91 Å². The topological polar surface area (TPSA) is 95.9 Å². The Labute approximate surface area is 539 Å². The fraction of sp³-hybridized carbons (Fsp3) is 0.925. The van der Waals surface area contributed by atoms with Crippen molar-refractivity contribution >= 4 is 11.9 Å². The van der Waals surface area contributed by atoms with Gasteiger partial charge in [0.15, 0.2) is 0 Å². The monoisotopic (exact) mass is 1210 g/mol. The lowest BCUT2D eigenvalue weighted by molar-refractivity contribution is -0.143. The molecule has 1 amide bonds. The Kier molecular flexibility index (Phi) is 74.3. The van der Waals surface area contributed by atoms with Crippen LogP contribution in [-0.4, -0.2) is 47.4 Å². The van der Waals surface area contributed by atoms with Gasteiger partial charge in [-0.25, -0.2) is 0 Å². The van der Waals surface area contributed by atoms with E-state index in [1.807, 2.05) is 0 Å². The summed E-state index contributed by atoms with van der Waals surface area (Å²) in [5.74, 6) is -0.0171. The largest absolute Gasteiger partial charge is 0.466 e. The van der Waals surface area contributed by atoms with Gasteiger partial charge in [-0.15, -0.1) is 0 Å². The number of allylic oxidation sites excluding steroid dienone is 4. The van der Waals surface area contributed by atoms with Gasteiger partial charge in [-0.05, 0) is 77.0 Å². The molecule has 0 aliphatic heterocycles. The van der Waals surface area contributed by atoms with Crippen LogP contribution in [0.3, 0.4) is 0 Å². The zero-order valence-corrected chi connectivity index (χ0v) is 58.6. The molecule has 0 rings (SSSR count). The predicted octanol–water partition coefficient (Wildman–Crippen LogP) is 26.0. The lowest BCUT2D eigenvalue weighted by Crippen LogP contribution is -2.45. The second-order valence-corrected chi connectivity index (χ2v) is 27.4. The second-order valence-electron chi connectivity index (χ2n) is 27.4. The van der Waals surface area contributed by atoms with E-state index in [1.54, 1.807) is 0 Å². The number of carbonyl (C=O) groups is 2. The number of ether oxygens (including phenoxy) is 1. The zero-order chi connectivity index (χ0) is 62.0. The SMILES string of the molecule is CCCCCCCC/C=C\CCCCCCCCCC(=O)OCCCCCCCCCCCCCC/C=C\CCCCCCCCCCCCCC(=O)NC(CO)C(O)CCCCCCCCCCCCCCCCCCCCCCCCCCC. The van der Waals surface area contributed by atoms with E-state index >= 15 is 0 Å². The van der Waals surface area contributed by atoms with Crippen LogP contribution in [-0.2, 0) is 14.3 Å². The Morgan fingerprint density at radius 1 is 0.314 bits per heavy atom. The lowest BCUT2D eigenvalue weighted by Gasteiger charge is -2.22. The van der Waals surface area contributed by atoms with E-state index in [0.717, 1.165) is 44.9 Å². The highest BCUT2D eigenvalue weighted by atomic mass is 16.5. The smallest absolute Gasteiger partial charge is 0.305 e. The minimum absolute atomic E-state index is 0.0130. The number of esters is 1. The summed E-state index contributed by atoms with van der Waals surface area (Å²) < 4.78 is 5.51. The third-order valence-electron chi connectivity index (χ3n) is 18.7. The molecule has 0 radical (unpaired) electrons. The van der Waals surface area contributed by atoms with Gasteiger partial charge in [-0.1, -0.05) is 385 Å². The molecule has 0 aliphatic carbocycles. The summed E-state index contributed by atoms with van der Waals surface area (Å²) in [5, 5.41) is 23.5. The maximum Gasteiger partial charge on any atom is 0.305 e. The molecule has 0 saturated carbocycles. The van der Waals surface area contributed by atoms with E-state index in [-0.39, 0.29) is 18.5 Å². The van der Waals surface area contributed by atoms with Gasteiger partial charge < -0.3 is 20.3 Å². The quantitative estimate of drug-likeness (QED) is 0.0320. The van der Waals surface area contributed by atoms with E-state index in [2.05, 4.69) is 43.5 Å². The molecule has 0 bridgehead atoms. The Bertz CT molecular complexity index is 1350. The number of aliphatic hydroxyl groups is 2. The highest BCUT2D eigenvalue weighted by molar-refractivity contribution is 5.76. The maximum atomic E-state index is 12.6. The molecule has 0 aromatic rings. The average Bonchev–Trinajstić information content (AvgIpc) is 3.54. The number of hydrogen-bond acceptors (Lipinski definition) is 5. The number of hydrogen-bond donors (Lipinski definition) is 3. The van der Waals surface area contributed by atoms with Crippen molar-refractivity contribution in [2.24, 2.45) is 0 Å². The summed E-state index contributed by atoms with van der Waals surface area (Å²) in [7, 11) is 0. The summed E-state index contributed by atoms with van der Waals surface area (Å²) in [6, 6.07) is -0.544. The van der Waals surface area contributed by atoms with Gasteiger partial charge in [0.1, 0.15) is 0 Å². The normalized spacial score (nSPS) is 12.6. The molecule has 3 N–H and O–H groups in total. The fourth-order valence-corrected chi connectivity index (χ4v) is 12.7. The van der Waals surface area contributed by atoms with Crippen molar-refractivity contribution in [3.05, 3.63) is 24.3 Å². The van der Waals surface area contributed by atoms with Gasteiger partial charge in [-0.3, -0.25) is 9.59 Å². The Morgan fingerprint density at radius 3 is 0.826 bits per heavy atom. The van der Waals surface area contributed by atoms with E-state index in [0.29, 0.717) is 25.9 Å². The van der Waals surface area contributed by atoms with Gasteiger partial charge in [-0.2, -0.15) is 0 Å². The number of unbranched alkanes of at least 4 members (excludes halogenated alkanes) is 60. The molecule has 0 spiro atoms. The van der Waals surface area contributed by atoms with Crippen LogP contribution in [0, 0.1) is 0 Å². The molecule has 0 fully saturated rings. The Morgan fingerprint density at radius 2 is 0.547 bits per heavy atom. The average molecular weight is 1210 g/mol. The Balaban J connectivity index is 3.38. The number of amides is 1. The lowest BCUT2D eigenvalue weighted by atomic mass is 10.0. The zero-order valence-electron chi connectivity index (χ0n) is 58.6. The summed E-state index contributed by atoms with van der Waals surface area (Å²) in [4.78, 5) is 24.7. The summed E-state index contributed by atoms with van der Waals surface area (Å²) in [5.41, 5.74) is 0. The predicted molar refractivity (Wildman–Crippen MR) is 380 cm³/mol. The van der Waals surface area contributed by atoms with Gasteiger partial charge >= 0.3 is 5.97 Å². The number of aliphatic hydroxyl groups excluding tert-OH is 2. The van der Waals surface area contributed by atoms with Crippen molar-refractivity contribution in [2.45, 2.75) is 463 Å². The van der Waals surface area contributed by atoms with Crippen LogP contribution in [0.15, 0.2) is 24.3 Å². The maximum absolute atomic E-state index is 12.6. The van der Waals surface area contributed by atoms with Crippen LogP contribution in [0.2, 0.25) is 0 Å². The molecule has 0 saturated heterocycles. The Hall–Kier alpha value is -1.66. The molecule has 0 aromatic heterocycles. The van der Waals surface area contributed by atoms with Crippen LogP contribution in [0.25, 0.3) is 0 Å². The van der Waals surface area contributed by atoms with Crippen molar-refractivity contribution in [3.8, 4) is 0 Å². The van der Waals surface area contributed by atoms with Crippen LogP contribution >= 0.6 is 0 Å². The molecule has 0 aliphatic rings. The van der Waals surface area contributed by atoms with Crippen LogP contribution in [0.4, 0.5) is 0 Å². The van der Waals surface area contributed by atoms with Crippen LogP contribution in [0.1, 0.15) is 450 Å². The molecule has 2 atom stereocenters. The molecule has 0 heterocycles. The van der Waals surface area contributed by atoms with Crippen molar-refractivity contribution in [3.63, 3.8) is 0 Å². The van der Waals surface area contributed by atoms with E-state index in [1.165, 1.54) is 372 Å². The standard InChI is InChI=1S/C80H155NO5/c1-3-5-7-9-11-13-15-17-19-21-22-23-24-28-31-34-37-41-44-48-52-56-60-64-68-72-78(83)77(76-82)81-79(84)73-69-65-61-57-53-49-45-42-38-35-32-29-26-25-27-30-33-36-39-43-47-51-55-59-63-67-71-75-86-80(85)74-70-66-62-58-54-50-46-40-20-18-16-14-12-10-8-6-4-2/h18,20,25-26,77-78,82-83H,3-17,19,21-24,27-76H2,1-2H3,(H,81,84)/b20-18-,26-25-. The summed E-state index contributed by atoms with van der Waals surface area (Å²) in [6.07, 6.45) is 96.9. The van der Waals surface area contributed by atoms with Crippen LogP contribution in [0.5, 0.6) is 0 Å². The second kappa shape index (κ2) is 75.8. The number of rotatable bonds is 75. The van der Waals surface area contributed by atoms with E-state index < -0.39 is 12.1 Å². The first-order valence-corrected chi connectivity index (χ1v) is 39.6. The fourth-order valence-electron chi connectivity index (χ4n) is 12.7. The van der Waals surface area contributed by atoms with E-state index in [9.17, 15) is 19.8 Å². The minimum atomic E-state index is -0.667. The molecule has 86 heavy (non-hydrogen) atoms. The summed E-state index contributed by atoms with van der Waals surface area (Å²) in [6.45, 7) is 5.00. The molecule has 0 aromatic carbocycles. The van der Waals surface area contributed by atoms with E-state index in [4.69, 9.17) is 4.74 Å². The van der Waals surface area contributed by atoms with Crippen molar-refractivity contribution in [2.75, 3.05) is 13.2 Å².